The van der Waals surface area contributed by atoms with Crippen molar-refractivity contribution in [3.63, 3.8) is 0 Å². The van der Waals surface area contributed by atoms with Crippen LogP contribution in [0.2, 0.25) is 0 Å². The Morgan fingerprint density at radius 2 is 2.18 bits per heavy atom. The average Bonchev–Trinajstić information content (AvgIpc) is 2.29. The van der Waals surface area contributed by atoms with Crippen molar-refractivity contribution in [2.45, 2.75) is 13.3 Å². The van der Waals surface area contributed by atoms with Gasteiger partial charge < -0.3 is 15.8 Å². The smallest absolute Gasteiger partial charge is 0.236 e. The lowest BCUT2D eigenvalue weighted by molar-refractivity contribution is -0.130. The van der Waals surface area contributed by atoms with Crippen molar-refractivity contribution < 1.29 is 14.3 Å². The molecule has 0 aliphatic heterocycles. The predicted molar refractivity (Wildman–Crippen MR) is 64.6 cm³/mol. The van der Waals surface area contributed by atoms with Crippen LogP contribution < -0.4 is 15.8 Å². The first-order valence-corrected chi connectivity index (χ1v) is 5.32. The van der Waals surface area contributed by atoms with Crippen molar-refractivity contribution in [2.75, 3.05) is 12.4 Å². The molecule has 1 unspecified atom stereocenters. The van der Waals surface area contributed by atoms with E-state index in [0.29, 0.717) is 17.9 Å². The Balaban J connectivity index is 2.76. The SMILES string of the molecule is CCC(C(N)=O)C(=O)Nc1cccc(OC)c1. The number of carbonyl (C=O) groups excluding carboxylic acids is 2. The van der Waals surface area contributed by atoms with Crippen LogP contribution in [-0.2, 0) is 9.59 Å². The molecule has 0 spiro atoms. The van der Waals surface area contributed by atoms with Gasteiger partial charge in [0.05, 0.1) is 7.11 Å². The highest BCUT2D eigenvalue weighted by Gasteiger charge is 2.22. The Kier molecular flexibility index (Phi) is 4.51. The van der Waals surface area contributed by atoms with Gasteiger partial charge in [-0.05, 0) is 18.6 Å². The summed E-state index contributed by atoms with van der Waals surface area (Å²) in [6, 6.07) is 6.90. The molecule has 0 radical (unpaired) electrons. The molecule has 1 aromatic carbocycles. The zero-order valence-electron chi connectivity index (χ0n) is 9.90. The van der Waals surface area contributed by atoms with E-state index in [0.717, 1.165) is 0 Å². The van der Waals surface area contributed by atoms with Gasteiger partial charge in [-0.1, -0.05) is 13.0 Å². The molecule has 1 aromatic rings. The summed E-state index contributed by atoms with van der Waals surface area (Å²) in [5, 5.41) is 2.63. The van der Waals surface area contributed by atoms with Crippen LogP contribution in [-0.4, -0.2) is 18.9 Å². The molecule has 2 amide bonds. The Labute approximate surface area is 99.9 Å². The van der Waals surface area contributed by atoms with Gasteiger partial charge in [-0.25, -0.2) is 0 Å². The quantitative estimate of drug-likeness (QED) is 0.752. The number of anilines is 1. The maximum Gasteiger partial charge on any atom is 0.236 e. The zero-order chi connectivity index (χ0) is 12.8. The van der Waals surface area contributed by atoms with Crippen molar-refractivity contribution in [1.82, 2.24) is 0 Å². The summed E-state index contributed by atoms with van der Waals surface area (Å²) < 4.78 is 5.03. The number of hydrogen-bond donors (Lipinski definition) is 2. The molecule has 3 N–H and O–H groups in total. The van der Waals surface area contributed by atoms with Crippen molar-refractivity contribution in [3.05, 3.63) is 24.3 Å². The van der Waals surface area contributed by atoms with E-state index in [1.165, 1.54) is 0 Å². The van der Waals surface area contributed by atoms with Gasteiger partial charge in [-0.15, -0.1) is 0 Å². The van der Waals surface area contributed by atoms with Crippen LogP contribution in [0.15, 0.2) is 24.3 Å². The number of primary amides is 1. The Hall–Kier alpha value is -2.04. The highest BCUT2D eigenvalue weighted by atomic mass is 16.5. The lowest BCUT2D eigenvalue weighted by Crippen LogP contribution is -2.33. The van der Waals surface area contributed by atoms with E-state index in [-0.39, 0.29) is 0 Å². The molecule has 0 aliphatic rings. The van der Waals surface area contributed by atoms with Gasteiger partial charge in [0.25, 0.3) is 0 Å². The summed E-state index contributed by atoms with van der Waals surface area (Å²) in [6.45, 7) is 1.74. The minimum atomic E-state index is -0.804. The molecule has 0 saturated heterocycles. The third-order valence-electron chi connectivity index (χ3n) is 2.41. The monoisotopic (exact) mass is 236 g/mol. The van der Waals surface area contributed by atoms with Crippen LogP contribution in [0.4, 0.5) is 5.69 Å². The molecular weight excluding hydrogens is 220 g/mol. The van der Waals surface area contributed by atoms with Crippen LogP contribution in [0.3, 0.4) is 0 Å². The van der Waals surface area contributed by atoms with Crippen LogP contribution in [0.25, 0.3) is 0 Å². The van der Waals surface area contributed by atoms with Gasteiger partial charge in [0.15, 0.2) is 0 Å². The molecule has 1 atom stereocenters. The first kappa shape index (κ1) is 13.0. The second-order valence-electron chi connectivity index (χ2n) is 3.58. The summed E-state index contributed by atoms with van der Waals surface area (Å²) >= 11 is 0. The number of hydrogen-bond acceptors (Lipinski definition) is 3. The maximum absolute atomic E-state index is 11.7. The summed E-state index contributed by atoms with van der Waals surface area (Å²) in [4.78, 5) is 22.8. The van der Waals surface area contributed by atoms with Crippen LogP contribution in [0.5, 0.6) is 5.75 Å². The van der Waals surface area contributed by atoms with Crippen LogP contribution in [0, 0.1) is 5.92 Å². The van der Waals surface area contributed by atoms with Crippen molar-refractivity contribution >= 4 is 17.5 Å². The van der Waals surface area contributed by atoms with Crippen molar-refractivity contribution in [3.8, 4) is 5.75 Å². The van der Waals surface area contributed by atoms with E-state index in [2.05, 4.69) is 5.32 Å². The molecule has 0 bridgehead atoms. The average molecular weight is 236 g/mol. The molecule has 17 heavy (non-hydrogen) atoms. The molecule has 0 aromatic heterocycles. The molecular formula is C12H16N2O3. The third-order valence-corrected chi connectivity index (χ3v) is 2.41. The summed E-state index contributed by atoms with van der Waals surface area (Å²) in [7, 11) is 1.54. The number of nitrogens with one attached hydrogen (secondary N) is 1. The highest BCUT2D eigenvalue weighted by molar-refractivity contribution is 6.05. The first-order chi connectivity index (χ1) is 8.08. The minimum Gasteiger partial charge on any atom is -0.497 e. The van der Waals surface area contributed by atoms with Gasteiger partial charge in [0.2, 0.25) is 11.8 Å². The topological polar surface area (TPSA) is 81.4 Å². The van der Waals surface area contributed by atoms with Crippen LogP contribution >= 0.6 is 0 Å². The second kappa shape index (κ2) is 5.89. The number of amides is 2. The molecule has 92 valence electrons. The number of ether oxygens (including phenoxy) is 1. The fraction of sp³-hybridized carbons (Fsp3) is 0.333. The second-order valence-corrected chi connectivity index (χ2v) is 3.58. The standard InChI is InChI=1S/C12H16N2O3/c1-3-10(11(13)15)12(16)14-8-5-4-6-9(7-8)17-2/h4-7,10H,3H2,1-2H3,(H2,13,15)(H,14,16). The van der Waals surface area contributed by atoms with Crippen molar-refractivity contribution in [2.24, 2.45) is 11.7 Å². The van der Waals surface area contributed by atoms with E-state index in [1.807, 2.05) is 0 Å². The fourth-order valence-electron chi connectivity index (χ4n) is 1.45. The van der Waals surface area contributed by atoms with Gasteiger partial charge in [0.1, 0.15) is 11.7 Å². The number of benzene rings is 1. The van der Waals surface area contributed by atoms with E-state index in [9.17, 15) is 9.59 Å². The van der Waals surface area contributed by atoms with Crippen molar-refractivity contribution in [1.29, 1.82) is 0 Å². The first-order valence-electron chi connectivity index (χ1n) is 5.32. The molecule has 5 nitrogen and oxygen atoms in total. The third kappa shape index (κ3) is 3.48. The molecule has 0 heterocycles. The number of methoxy groups -OCH3 is 1. The van der Waals surface area contributed by atoms with Gasteiger partial charge in [-0.2, -0.15) is 0 Å². The predicted octanol–water partition coefficient (Wildman–Crippen LogP) is 1.15. The minimum absolute atomic E-state index is 0.380. The van der Waals surface area contributed by atoms with Gasteiger partial charge >= 0.3 is 0 Å². The lowest BCUT2D eigenvalue weighted by atomic mass is 10.1. The van der Waals surface area contributed by atoms with E-state index in [4.69, 9.17) is 10.5 Å². The maximum atomic E-state index is 11.7. The van der Waals surface area contributed by atoms with E-state index >= 15 is 0 Å². The highest BCUT2D eigenvalue weighted by Crippen LogP contribution is 2.17. The largest absolute Gasteiger partial charge is 0.497 e. The lowest BCUT2D eigenvalue weighted by Gasteiger charge is -2.12. The summed E-state index contributed by atoms with van der Waals surface area (Å²) in [5.41, 5.74) is 5.71. The molecule has 0 saturated carbocycles. The molecule has 1 rings (SSSR count). The number of rotatable bonds is 5. The van der Waals surface area contributed by atoms with Gasteiger partial charge in [-0.3, -0.25) is 9.59 Å². The fourth-order valence-corrected chi connectivity index (χ4v) is 1.45. The zero-order valence-corrected chi connectivity index (χ0v) is 9.90. The van der Waals surface area contributed by atoms with Crippen LogP contribution in [0.1, 0.15) is 13.3 Å². The molecule has 0 fully saturated rings. The molecule has 5 heteroatoms. The summed E-state index contributed by atoms with van der Waals surface area (Å²) in [5.74, 6) is -1.18. The van der Waals surface area contributed by atoms with E-state index in [1.54, 1.807) is 38.3 Å². The number of nitrogens with two attached hydrogens (primary N) is 1. The Morgan fingerprint density at radius 1 is 1.47 bits per heavy atom. The Morgan fingerprint density at radius 3 is 2.71 bits per heavy atom. The summed E-state index contributed by atoms with van der Waals surface area (Å²) in [6.07, 6.45) is 0.380. The number of carbonyl (C=O) groups is 2. The molecule has 0 aliphatic carbocycles. The van der Waals surface area contributed by atoms with E-state index < -0.39 is 17.7 Å². The van der Waals surface area contributed by atoms with Gasteiger partial charge in [0, 0.05) is 11.8 Å². The normalized spacial score (nSPS) is 11.6. The Bertz CT molecular complexity index is 418.